The van der Waals surface area contributed by atoms with Crippen LogP contribution in [0.1, 0.15) is 17.0 Å². The second kappa shape index (κ2) is 7.01. The lowest BCUT2D eigenvalue weighted by Crippen LogP contribution is -1.76. The summed E-state index contributed by atoms with van der Waals surface area (Å²) < 4.78 is 0. The minimum atomic E-state index is 0.819. The van der Waals surface area contributed by atoms with Crippen LogP contribution in [0.3, 0.4) is 0 Å². The van der Waals surface area contributed by atoms with Gasteiger partial charge in [-0.15, -0.1) is 0 Å². The average molecular weight is 224 g/mol. The Morgan fingerprint density at radius 2 is 1.53 bits per heavy atom. The van der Waals surface area contributed by atoms with Crippen molar-refractivity contribution < 1.29 is 0 Å². The minimum Gasteiger partial charge on any atom is -0.345 e. The van der Waals surface area contributed by atoms with E-state index in [1.54, 1.807) is 18.5 Å². The highest BCUT2D eigenvalue weighted by Gasteiger charge is 1.89. The summed E-state index contributed by atoms with van der Waals surface area (Å²) in [6.45, 7) is 10.9. The van der Waals surface area contributed by atoms with E-state index < -0.39 is 0 Å². The summed E-state index contributed by atoms with van der Waals surface area (Å²) in [6, 6.07) is 8.02. The largest absolute Gasteiger partial charge is 0.345 e. The number of rotatable bonds is 3. The van der Waals surface area contributed by atoms with Gasteiger partial charge in [-0.05, 0) is 17.2 Å². The van der Waals surface area contributed by atoms with Crippen LogP contribution in [0.4, 0.5) is 0 Å². The summed E-state index contributed by atoms with van der Waals surface area (Å²) in [7, 11) is 0. The molecule has 0 fully saturated rings. The number of nitrogens with zero attached hydrogens (tertiary/aromatic N) is 1. The van der Waals surface area contributed by atoms with Crippen LogP contribution in [-0.4, -0.2) is 9.97 Å². The second-order valence-electron chi connectivity index (χ2n) is 3.22. The van der Waals surface area contributed by atoms with Crippen molar-refractivity contribution in [1.29, 1.82) is 0 Å². The molecule has 1 heterocycles. The van der Waals surface area contributed by atoms with Gasteiger partial charge in [-0.2, -0.15) is 0 Å². The Morgan fingerprint density at radius 1 is 0.941 bits per heavy atom. The Hall–Kier alpha value is -2.35. The fourth-order valence-corrected chi connectivity index (χ4v) is 1.27. The molecule has 1 aromatic carbocycles. The molecule has 1 aromatic heterocycles. The molecule has 2 aromatic rings. The van der Waals surface area contributed by atoms with Crippen LogP contribution in [0.15, 0.2) is 56.4 Å². The molecule has 0 aliphatic heterocycles. The van der Waals surface area contributed by atoms with E-state index in [4.69, 9.17) is 0 Å². The molecule has 2 heteroatoms. The molecule has 0 unspecified atom stereocenters. The number of H-pyrrole nitrogens is 1. The summed E-state index contributed by atoms with van der Waals surface area (Å²) in [4.78, 5) is 6.72. The van der Waals surface area contributed by atoms with Gasteiger partial charge in [-0.3, -0.25) is 0 Å². The van der Waals surface area contributed by atoms with Crippen molar-refractivity contribution in [2.24, 2.45) is 0 Å². The summed E-state index contributed by atoms with van der Waals surface area (Å²) >= 11 is 0. The van der Waals surface area contributed by atoms with Crippen LogP contribution < -0.4 is 0 Å². The Balaban J connectivity index is 0.000000181. The number of nitrogens with one attached hydrogen (secondary N) is 1. The zero-order valence-corrected chi connectivity index (χ0v) is 9.76. The summed E-state index contributed by atoms with van der Waals surface area (Å²) in [6.07, 6.45) is 8.78. The van der Waals surface area contributed by atoms with Gasteiger partial charge in [0, 0.05) is 12.4 Å². The van der Waals surface area contributed by atoms with E-state index in [9.17, 15) is 0 Å². The third-order valence-corrected chi connectivity index (χ3v) is 2.15. The van der Waals surface area contributed by atoms with Crippen molar-refractivity contribution in [1.82, 2.24) is 9.97 Å². The maximum atomic E-state index is 3.86. The Labute approximate surface area is 102 Å². The Morgan fingerprint density at radius 3 is 1.82 bits per heavy atom. The highest BCUT2D eigenvalue weighted by Crippen LogP contribution is 2.10. The zero-order valence-electron chi connectivity index (χ0n) is 9.76. The molecule has 2 rings (SSSR count). The van der Waals surface area contributed by atoms with Crippen LogP contribution in [-0.2, 0) is 0 Å². The number of benzene rings is 1. The van der Waals surface area contributed by atoms with Gasteiger partial charge < -0.3 is 4.98 Å². The van der Waals surface area contributed by atoms with E-state index in [-0.39, 0.29) is 0 Å². The number of aromatic nitrogens is 2. The first-order valence-corrected chi connectivity index (χ1v) is 5.27. The van der Waals surface area contributed by atoms with Crippen molar-refractivity contribution >= 4 is 18.2 Å². The summed E-state index contributed by atoms with van der Waals surface area (Å²) in [5.41, 5.74) is 2.27. The van der Waals surface area contributed by atoms with Gasteiger partial charge in [-0.1, -0.05) is 56.2 Å². The van der Waals surface area contributed by atoms with Gasteiger partial charge >= 0.3 is 0 Å². The van der Waals surface area contributed by atoms with E-state index >= 15 is 0 Å². The van der Waals surface area contributed by atoms with E-state index in [2.05, 4.69) is 29.7 Å². The molecule has 0 saturated carbocycles. The van der Waals surface area contributed by atoms with Crippen molar-refractivity contribution in [3.05, 3.63) is 73.3 Å². The summed E-state index contributed by atoms with van der Waals surface area (Å²) in [5, 5.41) is 0. The van der Waals surface area contributed by atoms with Crippen LogP contribution in [0.25, 0.3) is 18.2 Å². The van der Waals surface area contributed by atoms with Crippen molar-refractivity contribution in [3.63, 3.8) is 0 Å². The maximum Gasteiger partial charge on any atom is 0.129 e. The van der Waals surface area contributed by atoms with Gasteiger partial charge in [0.1, 0.15) is 5.82 Å². The van der Waals surface area contributed by atoms with Gasteiger partial charge in [0.25, 0.3) is 0 Å². The normalized spacial score (nSPS) is 8.71. The predicted octanol–water partition coefficient (Wildman–Crippen LogP) is 4.03. The molecule has 17 heavy (non-hydrogen) atoms. The van der Waals surface area contributed by atoms with Gasteiger partial charge in [0.05, 0.1) is 0 Å². The molecule has 0 saturated heterocycles. The van der Waals surface area contributed by atoms with Crippen molar-refractivity contribution in [2.75, 3.05) is 0 Å². The van der Waals surface area contributed by atoms with E-state index in [0.29, 0.717) is 0 Å². The molecule has 2 nitrogen and oxygen atoms in total. The number of aromatic amines is 1. The lowest BCUT2D eigenvalue weighted by Gasteiger charge is -1.96. The SMILES string of the molecule is C=Cc1ccccc1C=C.C=Cc1ncc[nH]1. The molecule has 0 amide bonds. The average Bonchev–Trinajstić information content (AvgIpc) is 2.92. The first kappa shape index (κ1) is 12.7. The number of imidazole rings is 1. The second-order valence-corrected chi connectivity index (χ2v) is 3.22. The standard InChI is InChI=1S/C10H10.C5H6N2/c1-3-9-7-5-6-8-10(9)4-2;1-2-5-6-3-4-7-5/h3-8H,1-2H2;2-4H,1H2,(H,6,7). The van der Waals surface area contributed by atoms with Crippen molar-refractivity contribution in [2.45, 2.75) is 0 Å². The van der Waals surface area contributed by atoms with Gasteiger partial charge in [0.2, 0.25) is 0 Å². The Bertz CT molecular complexity index is 454. The minimum absolute atomic E-state index is 0.819. The molecule has 0 atom stereocenters. The van der Waals surface area contributed by atoms with E-state index in [1.807, 2.05) is 36.4 Å². The molecule has 1 N–H and O–H groups in total. The first-order chi connectivity index (χ1) is 8.31. The zero-order chi connectivity index (χ0) is 12.5. The third kappa shape index (κ3) is 3.95. The lowest BCUT2D eigenvalue weighted by molar-refractivity contribution is 1.27. The molecule has 0 aliphatic carbocycles. The first-order valence-electron chi connectivity index (χ1n) is 5.27. The Kier molecular flexibility index (Phi) is 5.25. The quantitative estimate of drug-likeness (QED) is 0.838. The molecular formula is C15H16N2. The lowest BCUT2D eigenvalue weighted by atomic mass is 10.1. The fraction of sp³-hybridized carbons (Fsp3) is 0. The monoisotopic (exact) mass is 224 g/mol. The molecular weight excluding hydrogens is 208 g/mol. The number of hydrogen-bond donors (Lipinski definition) is 1. The highest BCUT2D eigenvalue weighted by molar-refractivity contribution is 5.63. The fourth-order valence-electron chi connectivity index (χ4n) is 1.27. The van der Waals surface area contributed by atoms with E-state index in [0.717, 1.165) is 17.0 Å². The molecule has 0 bridgehead atoms. The topological polar surface area (TPSA) is 28.7 Å². The van der Waals surface area contributed by atoms with Gasteiger partial charge in [0.15, 0.2) is 0 Å². The van der Waals surface area contributed by atoms with Crippen LogP contribution in [0.2, 0.25) is 0 Å². The van der Waals surface area contributed by atoms with Crippen LogP contribution >= 0.6 is 0 Å². The molecule has 86 valence electrons. The maximum absolute atomic E-state index is 3.86. The third-order valence-electron chi connectivity index (χ3n) is 2.15. The highest BCUT2D eigenvalue weighted by atomic mass is 14.9. The predicted molar refractivity (Wildman–Crippen MR) is 75.3 cm³/mol. The molecule has 0 aliphatic rings. The van der Waals surface area contributed by atoms with Gasteiger partial charge in [-0.25, -0.2) is 4.98 Å². The molecule has 0 spiro atoms. The van der Waals surface area contributed by atoms with Crippen LogP contribution in [0.5, 0.6) is 0 Å². The summed E-state index contributed by atoms with van der Waals surface area (Å²) in [5.74, 6) is 0.819. The molecule has 0 radical (unpaired) electrons. The van der Waals surface area contributed by atoms with Crippen molar-refractivity contribution in [3.8, 4) is 0 Å². The smallest absolute Gasteiger partial charge is 0.129 e. The van der Waals surface area contributed by atoms with E-state index in [1.165, 1.54) is 0 Å². The number of hydrogen-bond acceptors (Lipinski definition) is 1. The van der Waals surface area contributed by atoms with Crippen LogP contribution in [0, 0.1) is 0 Å².